The van der Waals surface area contributed by atoms with Crippen LogP contribution in [0.3, 0.4) is 0 Å². The van der Waals surface area contributed by atoms with Crippen molar-refractivity contribution in [1.82, 2.24) is 0 Å². The minimum absolute atomic E-state index is 0.605. The Morgan fingerprint density at radius 3 is 1.95 bits per heavy atom. The number of benzene rings is 2. The van der Waals surface area contributed by atoms with E-state index in [1.807, 2.05) is 18.2 Å². The summed E-state index contributed by atoms with van der Waals surface area (Å²) in [4.78, 5) is 2.33. The quantitative estimate of drug-likeness (QED) is 0.704. The molecule has 0 saturated heterocycles. The van der Waals surface area contributed by atoms with E-state index in [-0.39, 0.29) is 0 Å². The third-order valence-corrected chi connectivity index (χ3v) is 4.55. The van der Waals surface area contributed by atoms with Crippen molar-refractivity contribution >= 4 is 28.9 Å². The minimum atomic E-state index is 0.605. The second-order valence-electron chi connectivity index (χ2n) is 5.16. The molecule has 0 radical (unpaired) electrons. The number of fused-ring (bicyclic) bond motifs is 1. The first-order chi connectivity index (χ1) is 9.04. The fourth-order valence-corrected chi connectivity index (χ4v) is 2.85. The molecule has 2 aromatic carbocycles. The van der Waals surface area contributed by atoms with Crippen LogP contribution in [0, 0.1) is 13.8 Å². The highest BCUT2D eigenvalue weighted by molar-refractivity contribution is 6.42. The zero-order valence-electron chi connectivity index (χ0n) is 11.0. The summed E-state index contributed by atoms with van der Waals surface area (Å²) in [5, 5.41) is 1.22. The van der Waals surface area contributed by atoms with Gasteiger partial charge in [0.1, 0.15) is 0 Å². The van der Waals surface area contributed by atoms with Crippen LogP contribution in [0.15, 0.2) is 30.3 Å². The molecule has 0 N–H and O–H groups in total. The fraction of sp³-hybridized carbons (Fsp3) is 0.250. The SMILES string of the molecule is Cc1cc2c(cc1C)CN(c1ccc(Cl)c(Cl)c1)C2. The van der Waals surface area contributed by atoms with Crippen molar-refractivity contribution < 1.29 is 0 Å². The number of rotatable bonds is 1. The number of halogens is 2. The fourth-order valence-electron chi connectivity index (χ4n) is 2.56. The lowest BCUT2D eigenvalue weighted by Crippen LogP contribution is -2.14. The minimum Gasteiger partial charge on any atom is -0.363 e. The van der Waals surface area contributed by atoms with Crippen molar-refractivity contribution in [3.63, 3.8) is 0 Å². The molecule has 2 aromatic rings. The zero-order chi connectivity index (χ0) is 13.6. The van der Waals surface area contributed by atoms with Crippen LogP contribution in [-0.2, 0) is 13.1 Å². The van der Waals surface area contributed by atoms with Gasteiger partial charge in [0.15, 0.2) is 0 Å². The summed E-state index contributed by atoms with van der Waals surface area (Å²) in [6.07, 6.45) is 0. The van der Waals surface area contributed by atoms with Gasteiger partial charge in [0.05, 0.1) is 10.0 Å². The summed E-state index contributed by atoms with van der Waals surface area (Å²) in [5.41, 5.74) is 6.66. The molecule has 0 fully saturated rings. The van der Waals surface area contributed by atoms with Gasteiger partial charge < -0.3 is 4.90 Å². The second kappa shape index (κ2) is 4.73. The molecule has 3 heteroatoms. The summed E-state index contributed by atoms with van der Waals surface area (Å²) in [7, 11) is 0. The van der Waals surface area contributed by atoms with Crippen LogP contribution < -0.4 is 4.90 Å². The molecule has 1 heterocycles. The van der Waals surface area contributed by atoms with Crippen molar-refractivity contribution in [2.24, 2.45) is 0 Å². The maximum atomic E-state index is 6.10. The van der Waals surface area contributed by atoms with Crippen molar-refractivity contribution in [1.29, 1.82) is 0 Å². The zero-order valence-corrected chi connectivity index (χ0v) is 12.5. The van der Waals surface area contributed by atoms with Gasteiger partial charge in [-0.3, -0.25) is 0 Å². The Morgan fingerprint density at radius 2 is 1.42 bits per heavy atom. The average molecular weight is 292 g/mol. The molecule has 19 heavy (non-hydrogen) atoms. The van der Waals surface area contributed by atoms with E-state index < -0.39 is 0 Å². The first kappa shape index (κ1) is 12.8. The van der Waals surface area contributed by atoms with E-state index in [0.29, 0.717) is 10.0 Å². The molecule has 0 saturated carbocycles. The molecular weight excluding hydrogens is 277 g/mol. The molecule has 1 aliphatic rings. The smallest absolute Gasteiger partial charge is 0.0612 e. The predicted octanol–water partition coefficient (Wildman–Crippen LogP) is 5.13. The van der Waals surface area contributed by atoms with Gasteiger partial charge in [0.25, 0.3) is 0 Å². The number of nitrogens with zero attached hydrogens (tertiary/aromatic N) is 1. The lowest BCUT2D eigenvalue weighted by atomic mass is 10.0. The number of hydrogen-bond donors (Lipinski definition) is 0. The van der Waals surface area contributed by atoms with Crippen molar-refractivity contribution in [3.8, 4) is 0 Å². The van der Waals surface area contributed by atoms with E-state index >= 15 is 0 Å². The molecule has 1 nitrogen and oxygen atoms in total. The van der Waals surface area contributed by atoms with Crippen LogP contribution in [0.4, 0.5) is 5.69 Å². The van der Waals surface area contributed by atoms with E-state index in [1.54, 1.807) is 0 Å². The molecule has 98 valence electrons. The van der Waals surface area contributed by atoms with Crippen LogP contribution >= 0.6 is 23.2 Å². The van der Waals surface area contributed by atoms with Gasteiger partial charge in [-0.2, -0.15) is 0 Å². The van der Waals surface area contributed by atoms with E-state index in [2.05, 4.69) is 30.9 Å². The normalized spacial score (nSPS) is 13.8. The van der Waals surface area contributed by atoms with E-state index in [0.717, 1.165) is 18.8 Å². The van der Waals surface area contributed by atoms with E-state index in [4.69, 9.17) is 23.2 Å². The molecule has 0 spiro atoms. The van der Waals surface area contributed by atoms with Crippen LogP contribution in [0.25, 0.3) is 0 Å². The Balaban J connectivity index is 1.93. The number of hydrogen-bond acceptors (Lipinski definition) is 1. The lowest BCUT2D eigenvalue weighted by molar-refractivity contribution is 0.880. The van der Waals surface area contributed by atoms with Crippen molar-refractivity contribution in [2.45, 2.75) is 26.9 Å². The highest BCUT2D eigenvalue weighted by Crippen LogP contribution is 2.33. The summed E-state index contributed by atoms with van der Waals surface area (Å²) in [6.45, 7) is 6.21. The molecule has 0 aromatic heterocycles. The van der Waals surface area contributed by atoms with Gasteiger partial charge in [0, 0.05) is 18.8 Å². The summed E-state index contributed by atoms with van der Waals surface area (Å²) in [6, 6.07) is 10.4. The first-order valence-corrected chi connectivity index (χ1v) is 7.09. The highest BCUT2D eigenvalue weighted by Gasteiger charge is 2.20. The highest BCUT2D eigenvalue weighted by atomic mass is 35.5. The van der Waals surface area contributed by atoms with Gasteiger partial charge in [-0.05, 0) is 54.3 Å². The molecular formula is C16H15Cl2N. The first-order valence-electron chi connectivity index (χ1n) is 6.33. The van der Waals surface area contributed by atoms with Gasteiger partial charge in [-0.15, -0.1) is 0 Å². The predicted molar refractivity (Wildman–Crippen MR) is 82.3 cm³/mol. The monoisotopic (exact) mass is 291 g/mol. The Morgan fingerprint density at radius 1 is 0.842 bits per heavy atom. The lowest BCUT2D eigenvalue weighted by Gasteiger charge is -2.18. The molecule has 0 unspecified atom stereocenters. The second-order valence-corrected chi connectivity index (χ2v) is 5.97. The average Bonchev–Trinajstić information content (AvgIpc) is 2.76. The molecule has 0 aliphatic carbocycles. The van der Waals surface area contributed by atoms with Crippen molar-refractivity contribution in [2.75, 3.05) is 4.90 Å². The summed E-state index contributed by atoms with van der Waals surface area (Å²) in [5.74, 6) is 0. The third-order valence-electron chi connectivity index (χ3n) is 3.81. The Labute approximate surface area is 123 Å². The summed E-state index contributed by atoms with van der Waals surface area (Å²) < 4.78 is 0. The number of aryl methyl sites for hydroxylation is 2. The van der Waals surface area contributed by atoms with Gasteiger partial charge in [0.2, 0.25) is 0 Å². The molecule has 0 amide bonds. The van der Waals surface area contributed by atoms with E-state index in [1.165, 1.54) is 22.3 Å². The van der Waals surface area contributed by atoms with Crippen LogP contribution in [0.5, 0.6) is 0 Å². The number of anilines is 1. The van der Waals surface area contributed by atoms with Gasteiger partial charge >= 0.3 is 0 Å². The molecule has 0 bridgehead atoms. The Kier molecular flexibility index (Phi) is 3.20. The van der Waals surface area contributed by atoms with Crippen molar-refractivity contribution in [3.05, 3.63) is 62.6 Å². The van der Waals surface area contributed by atoms with Crippen LogP contribution in [0.1, 0.15) is 22.3 Å². The maximum Gasteiger partial charge on any atom is 0.0612 e. The molecule has 3 rings (SSSR count). The Bertz CT molecular complexity index is 618. The summed E-state index contributed by atoms with van der Waals surface area (Å²) >= 11 is 12.1. The third kappa shape index (κ3) is 2.33. The largest absolute Gasteiger partial charge is 0.363 e. The topological polar surface area (TPSA) is 3.24 Å². The Hall–Kier alpha value is -1.18. The maximum absolute atomic E-state index is 6.10. The standard InChI is InChI=1S/C16H15Cl2N/c1-10-5-12-8-19(9-13(12)6-11(10)2)14-3-4-15(17)16(18)7-14/h3-7H,8-9H2,1-2H3. The molecule has 1 aliphatic heterocycles. The van der Waals surface area contributed by atoms with Crippen LogP contribution in [0.2, 0.25) is 10.0 Å². The van der Waals surface area contributed by atoms with Crippen LogP contribution in [-0.4, -0.2) is 0 Å². The van der Waals surface area contributed by atoms with Gasteiger partial charge in [-0.25, -0.2) is 0 Å². The van der Waals surface area contributed by atoms with Gasteiger partial charge in [-0.1, -0.05) is 35.3 Å². The van der Waals surface area contributed by atoms with E-state index in [9.17, 15) is 0 Å². The molecule has 0 atom stereocenters.